The van der Waals surface area contributed by atoms with Crippen LogP contribution in [0, 0.1) is 0 Å². The van der Waals surface area contributed by atoms with Crippen molar-refractivity contribution in [3.63, 3.8) is 0 Å². The molecule has 1 aromatic rings. The van der Waals surface area contributed by atoms with Crippen molar-refractivity contribution in [2.24, 2.45) is 0 Å². The average molecular weight is 222 g/mol. The van der Waals surface area contributed by atoms with E-state index in [-0.39, 0.29) is 17.1 Å². The van der Waals surface area contributed by atoms with Gasteiger partial charge in [0.1, 0.15) is 0 Å². The number of alkyl halides is 3. The molecule has 14 heavy (non-hydrogen) atoms. The second-order valence-electron chi connectivity index (χ2n) is 2.54. The third-order valence-electron chi connectivity index (χ3n) is 1.68. The van der Waals surface area contributed by atoms with Crippen molar-refractivity contribution in [3.8, 4) is 0 Å². The third-order valence-corrected chi connectivity index (χ3v) is 1.95. The molecule has 0 saturated heterocycles. The van der Waals surface area contributed by atoms with Crippen molar-refractivity contribution < 1.29 is 13.6 Å². The van der Waals surface area contributed by atoms with Crippen molar-refractivity contribution in [2.75, 3.05) is 0 Å². The van der Waals surface area contributed by atoms with Gasteiger partial charge < -0.3 is 4.98 Å². The molecule has 1 N–H and O–H groups in total. The van der Waals surface area contributed by atoms with Crippen LogP contribution in [0.4, 0.5) is 8.78 Å². The number of aldehydes is 1. The molecule has 1 heterocycles. The Labute approximate surface area is 82.7 Å². The van der Waals surface area contributed by atoms with Crippen LogP contribution in [-0.4, -0.2) is 11.3 Å². The third kappa shape index (κ3) is 1.98. The van der Waals surface area contributed by atoms with Crippen LogP contribution in [-0.2, 0) is 5.88 Å². The monoisotopic (exact) mass is 221 g/mol. The normalized spacial score (nSPS) is 10.6. The number of carbonyl (C=O) groups excluding carboxylic acids is 1. The molecule has 1 rings (SSSR count). The first-order valence-corrected chi connectivity index (χ1v) is 4.19. The van der Waals surface area contributed by atoms with Crippen molar-refractivity contribution in [3.05, 3.63) is 33.2 Å². The van der Waals surface area contributed by atoms with E-state index in [4.69, 9.17) is 11.6 Å². The number of nitrogens with one attached hydrogen (secondary N) is 1. The van der Waals surface area contributed by atoms with Crippen molar-refractivity contribution in [1.82, 2.24) is 4.98 Å². The fourth-order valence-electron chi connectivity index (χ4n) is 0.979. The summed E-state index contributed by atoms with van der Waals surface area (Å²) in [7, 11) is 0. The van der Waals surface area contributed by atoms with E-state index in [1.807, 2.05) is 0 Å². The van der Waals surface area contributed by atoms with Crippen LogP contribution in [0.1, 0.15) is 28.0 Å². The molecule has 0 aliphatic rings. The van der Waals surface area contributed by atoms with Gasteiger partial charge in [0, 0.05) is 11.3 Å². The molecule has 0 bridgehead atoms. The minimum atomic E-state index is -2.90. The maximum Gasteiger partial charge on any atom is 0.269 e. The Morgan fingerprint density at radius 2 is 2.21 bits per heavy atom. The summed E-state index contributed by atoms with van der Waals surface area (Å²) >= 11 is 5.40. The van der Waals surface area contributed by atoms with Gasteiger partial charge in [-0.05, 0) is 6.07 Å². The van der Waals surface area contributed by atoms with Crippen LogP contribution in [0.15, 0.2) is 10.9 Å². The molecule has 0 atom stereocenters. The lowest BCUT2D eigenvalue weighted by molar-refractivity contribution is 0.112. The summed E-state index contributed by atoms with van der Waals surface area (Å²) in [6.07, 6.45) is -2.53. The molecule has 0 spiro atoms. The molecular formula is C8H6ClF2NO2. The molecule has 0 fully saturated rings. The molecular weight excluding hydrogens is 216 g/mol. The number of hydrogen-bond acceptors (Lipinski definition) is 2. The number of halogens is 3. The highest BCUT2D eigenvalue weighted by atomic mass is 35.5. The Hall–Kier alpha value is -1.23. The summed E-state index contributed by atoms with van der Waals surface area (Å²) < 4.78 is 24.4. The van der Waals surface area contributed by atoms with Gasteiger partial charge in [0.15, 0.2) is 6.29 Å². The van der Waals surface area contributed by atoms with Crippen molar-refractivity contribution in [2.45, 2.75) is 12.3 Å². The fraction of sp³-hybridized carbons (Fsp3) is 0.250. The minimum absolute atomic E-state index is 0.0186. The predicted molar refractivity (Wildman–Crippen MR) is 47.0 cm³/mol. The zero-order chi connectivity index (χ0) is 10.7. The standard InChI is InChI=1S/C8H6ClF2NO2/c9-2-6-4(3-13)1-5(7(10)11)8(14)12-6/h1,3,7H,2H2,(H,12,14). The molecule has 0 radical (unpaired) electrons. The van der Waals surface area contributed by atoms with Gasteiger partial charge in [0.2, 0.25) is 0 Å². The fourth-order valence-corrected chi connectivity index (χ4v) is 1.20. The van der Waals surface area contributed by atoms with Crippen LogP contribution in [0.25, 0.3) is 0 Å². The van der Waals surface area contributed by atoms with Gasteiger partial charge >= 0.3 is 0 Å². The number of aromatic nitrogens is 1. The summed E-state index contributed by atoms with van der Waals surface area (Å²) in [6, 6.07) is 0.855. The molecule has 0 aliphatic carbocycles. The summed E-state index contributed by atoms with van der Waals surface area (Å²) in [4.78, 5) is 23.6. The zero-order valence-corrected chi connectivity index (χ0v) is 7.65. The topological polar surface area (TPSA) is 49.9 Å². The number of aromatic amines is 1. The quantitative estimate of drug-likeness (QED) is 0.626. The Morgan fingerprint density at radius 3 is 2.64 bits per heavy atom. The lowest BCUT2D eigenvalue weighted by Gasteiger charge is -2.03. The molecule has 0 aromatic carbocycles. The van der Waals surface area contributed by atoms with Crippen LogP contribution < -0.4 is 5.56 Å². The van der Waals surface area contributed by atoms with E-state index >= 15 is 0 Å². The van der Waals surface area contributed by atoms with E-state index in [9.17, 15) is 18.4 Å². The second kappa shape index (κ2) is 4.32. The first-order chi connectivity index (χ1) is 6.60. The largest absolute Gasteiger partial charge is 0.324 e. The highest BCUT2D eigenvalue weighted by molar-refractivity contribution is 6.17. The lowest BCUT2D eigenvalue weighted by atomic mass is 10.1. The number of hydrogen-bond donors (Lipinski definition) is 1. The molecule has 1 aromatic heterocycles. The Balaban J connectivity index is 3.38. The lowest BCUT2D eigenvalue weighted by Crippen LogP contribution is -2.16. The van der Waals surface area contributed by atoms with Gasteiger partial charge in [0.05, 0.1) is 11.4 Å². The highest BCUT2D eigenvalue weighted by Crippen LogP contribution is 2.16. The highest BCUT2D eigenvalue weighted by Gasteiger charge is 2.15. The smallest absolute Gasteiger partial charge is 0.269 e. The zero-order valence-electron chi connectivity index (χ0n) is 6.89. The van der Waals surface area contributed by atoms with Gasteiger partial charge in [-0.25, -0.2) is 8.78 Å². The number of carbonyl (C=O) groups is 1. The maximum atomic E-state index is 12.2. The van der Waals surface area contributed by atoms with E-state index in [0.717, 1.165) is 6.07 Å². The summed E-state index contributed by atoms with van der Waals surface area (Å²) in [6.45, 7) is 0. The van der Waals surface area contributed by atoms with Gasteiger partial charge in [-0.1, -0.05) is 0 Å². The van der Waals surface area contributed by atoms with Gasteiger partial charge in [-0.15, -0.1) is 11.6 Å². The first-order valence-electron chi connectivity index (χ1n) is 3.65. The van der Waals surface area contributed by atoms with Crippen LogP contribution in [0.5, 0.6) is 0 Å². The molecule has 3 nitrogen and oxygen atoms in total. The summed E-state index contributed by atoms with van der Waals surface area (Å²) in [5.74, 6) is -0.104. The summed E-state index contributed by atoms with van der Waals surface area (Å²) in [5, 5.41) is 0. The predicted octanol–water partition coefficient (Wildman–Crippen LogP) is 1.86. The Kier molecular flexibility index (Phi) is 3.35. The molecule has 0 amide bonds. The molecule has 76 valence electrons. The van der Waals surface area contributed by atoms with Crippen molar-refractivity contribution in [1.29, 1.82) is 0 Å². The van der Waals surface area contributed by atoms with Crippen LogP contribution >= 0.6 is 11.6 Å². The van der Waals surface area contributed by atoms with Crippen molar-refractivity contribution >= 4 is 17.9 Å². The SMILES string of the molecule is O=Cc1cc(C(F)F)c(=O)[nH]c1CCl. The maximum absolute atomic E-state index is 12.2. The van der Waals surface area contributed by atoms with E-state index in [2.05, 4.69) is 4.98 Å². The minimum Gasteiger partial charge on any atom is -0.324 e. The van der Waals surface area contributed by atoms with Crippen LogP contribution in [0.2, 0.25) is 0 Å². The number of H-pyrrole nitrogens is 1. The van der Waals surface area contributed by atoms with E-state index in [1.54, 1.807) is 0 Å². The number of rotatable bonds is 3. The molecule has 0 unspecified atom stereocenters. The van der Waals surface area contributed by atoms with E-state index < -0.39 is 17.5 Å². The molecule has 0 aliphatic heterocycles. The first kappa shape index (κ1) is 10.8. The van der Waals surface area contributed by atoms with Gasteiger partial charge in [0.25, 0.3) is 12.0 Å². The van der Waals surface area contributed by atoms with Gasteiger partial charge in [-0.2, -0.15) is 0 Å². The van der Waals surface area contributed by atoms with E-state index in [1.165, 1.54) is 0 Å². The Bertz CT molecular complexity index is 403. The average Bonchev–Trinajstić information content (AvgIpc) is 2.16. The van der Waals surface area contributed by atoms with E-state index in [0.29, 0.717) is 6.29 Å². The van der Waals surface area contributed by atoms with Crippen LogP contribution in [0.3, 0.4) is 0 Å². The molecule has 0 saturated carbocycles. The Morgan fingerprint density at radius 1 is 1.57 bits per heavy atom. The molecule has 6 heteroatoms. The second-order valence-corrected chi connectivity index (χ2v) is 2.81. The number of pyridine rings is 1. The summed E-state index contributed by atoms with van der Waals surface area (Å²) in [5.41, 5.74) is -1.51. The van der Waals surface area contributed by atoms with Gasteiger partial charge in [-0.3, -0.25) is 9.59 Å².